The zero-order valence-electron chi connectivity index (χ0n) is 12.8. The van der Waals surface area contributed by atoms with Gasteiger partial charge in [0, 0.05) is 12.6 Å². The van der Waals surface area contributed by atoms with Crippen LogP contribution >= 0.6 is 11.6 Å². The van der Waals surface area contributed by atoms with E-state index in [2.05, 4.69) is 4.98 Å². The molecule has 0 radical (unpaired) electrons. The number of benzene rings is 1. The highest BCUT2D eigenvalue weighted by Gasteiger charge is 2.35. The lowest BCUT2D eigenvalue weighted by Crippen LogP contribution is -2.16. The van der Waals surface area contributed by atoms with E-state index >= 15 is 0 Å². The van der Waals surface area contributed by atoms with E-state index in [-0.39, 0.29) is 17.1 Å². The lowest BCUT2D eigenvalue weighted by molar-refractivity contribution is -0.138. The Morgan fingerprint density at radius 1 is 1.08 bits per heavy atom. The fraction of sp³-hybridized carbons (Fsp3) is 0.250. The Kier molecular flexibility index (Phi) is 5.80. The topological polar surface area (TPSA) is 39.2 Å². The molecule has 0 N–H and O–H groups in total. The quantitative estimate of drug-likeness (QED) is 0.527. The maximum absolute atomic E-state index is 12.9. The van der Waals surface area contributed by atoms with E-state index in [4.69, 9.17) is 16.3 Å². The molecule has 0 spiro atoms. The predicted octanol–water partition coefficient (Wildman–Crippen LogP) is 5.17. The van der Waals surface area contributed by atoms with Gasteiger partial charge in [-0.25, -0.2) is 4.79 Å². The van der Waals surface area contributed by atoms with E-state index in [1.165, 1.54) is 6.07 Å². The number of halogens is 7. The third-order valence-corrected chi connectivity index (χ3v) is 3.60. The van der Waals surface area contributed by atoms with Gasteiger partial charge in [0.25, 0.3) is 0 Å². The molecular weight excluding hydrogens is 388 g/mol. The summed E-state index contributed by atoms with van der Waals surface area (Å²) in [6.07, 6.45) is -8.92. The van der Waals surface area contributed by atoms with Gasteiger partial charge in [-0.05, 0) is 18.2 Å². The second-order valence-electron chi connectivity index (χ2n) is 5.08. The minimum absolute atomic E-state index is 0.0246. The van der Waals surface area contributed by atoms with Gasteiger partial charge in [0.05, 0.1) is 34.0 Å². The molecule has 0 unspecified atom stereocenters. The van der Waals surface area contributed by atoms with Crippen molar-refractivity contribution in [3.8, 4) is 0 Å². The van der Waals surface area contributed by atoms with Crippen LogP contribution in [-0.2, 0) is 23.5 Å². The highest BCUT2D eigenvalue weighted by molar-refractivity contribution is 6.31. The number of hydrogen-bond donors (Lipinski definition) is 0. The summed E-state index contributed by atoms with van der Waals surface area (Å²) in [5.41, 5.74) is -2.82. The van der Waals surface area contributed by atoms with E-state index in [1.807, 2.05) is 0 Å². The Balaban J connectivity index is 2.04. The number of nitrogens with zero attached hydrogens (tertiary/aromatic N) is 1. The van der Waals surface area contributed by atoms with Crippen molar-refractivity contribution in [2.45, 2.75) is 18.8 Å². The Morgan fingerprint density at radius 2 is 1.73 bits per heavy atom. The standard InChI is InChI=1S/C16H10ClF6NO2/c17-12-7-9(15(18,19)20)8-24-13(12)5-6-26-14(25)10-3-1-2-4-11(10)16(21,22)23/h1-4,7-8H,5-6H2. The lowest BCUT2D eigenvalue weighted by atomic mass is 10.1. The zero-order valence-corrected chi connectivity index (χ0v) is 13.5. The first-order valence-electron chi connectivity index (χ1n) is 7.05. The Hall–Kier alpha value is -2.29. The average molecular weight is 398 g/mol. The maximum Gasteiger partial charge on any atom is 0.417 e. The van der Waals surface area contributed by atoms with Crippen molar-refractivity contribution in [3.05, 3.63) is 63.9 Å². The summed E-state index contributed by atoms with van der Waals surface area (Å²) in [5, 5.41) is -0.286. The molecule has 3 nitrogen and oxygen atoms in total. The number of ether oxygens (including phenoxy) is 1. The molecule has 1 aromatic heterocycles. The summed E-state index contributed by atoms with van der Waals surface area (Å²) in [6, 6.07) is 4.76. The monoisotopic (exact) mass is 397 g/mol. The van der Waals surface area contributed by atoms with Gasteiger partial charge in [-0.2, -0.15) is 26.3 Å². The van der Waals surface area contributed by atoms with Crippen LogP contribution in [0.5, 0.6) is 0 Å². The first kappa shape index (κ1) is 20.0. The molecule has 0 bridgehead atoms. The number of aromatic nitrogens is 1. The Labute approximate surface area is 148 Å². The number of esters is 1. The summed E-state index contributed by atoms with van der Waals surface area (Å²) >= 11 is 5.70. The lowest BCUT2D eigenvalue weighted by Gasteiger charge is -2.12. The highest BCUT2D eigenvalue weighted by Crippen LogP contribution is 2.33. The molecule has 0 atom stereocenters. The number of rotatable bonds is 4. The highest BCUT2D eigenvalue weighted by atomic mass is 35.5. The van der Waals surface area contributed by atoms with Gasteiger partial charge < -0.3 is 4.74 Å². The number of pyridine rings is 1. The third-order valence-electron chi connectivity index (χ3n) is 3.27. The molecule has 0 fully saturated rings. The Bertz CT molecular complexity index is 804. The molecule has 0 saturated carbocycles. The molecule has 0 saturated heterocycles. The molecule has 0 aliphatic carbocycles. The first-order valence-corrected chi connectivity index (χ1v) is 7.43. The molecule has 2 aromatic rings. The van der Waals surface area contributed by atoms with Gasteiger partial charge in [-0.3, -0.25) is 4.98 Å². The van der Waals surface area contributed by atoms with Crippen LogP contribution in [0.4, 0.5) is 26.3 Å². The van der Waals surface area contributed by atoms with E-state index in [0.29, 0.717) is 12.3 Å². The minimum Gasteiger partial charge on any atom is -0.462 e. The summed E-state index contributed by atoms with van der Waals surface area (Å²) in [7, 11) is 0. The molecule has 140 valence electrons. The summed E-state index contributed by atoms with van der Waals surface area (Å²) in [4.78, 5) is 15.4. The van der Waals surface area contributed by atoms with Crippen LogP contribution in [0.1, 0.15) is 27.2 Å². The predicted molar refractivity (Wildman–Crippen MR) is 79.7 cm³/mol. The molecule has 2 rings (SSSR count). The largest absolute Gasteiger partial charge is 0.462 e. The van der Waals surface area contributed by atoms with Gasteiger partial charge in [0.2, 0.25) is 0 Å². The van der Waals surface area contributed by atoms with E-state index in [1.54, 1.807) is 0 Å². The van der Waals surface area contributed by atoms with Crippen molar-refractivity contribution in [1.82, 2.24) is 4.98 Å². The molecule has 0 aliphatic heterocycles. The molecule has 10 heteroatoms. The van der Waals surface area contributed by atoms with Crippen molar-refractivity contribution < 1.29 is 35.9 Å². The van der Waals surface area contributed by atoms with Crippen LogP contribution in [-0.4, -0.2) is 17.6 Å². The van der Waals surface area contributed by atoms with Crippen molar-refractivity contribution in [3.63, 3.8) is 0 Å². The second-order valence-corrected chi connectivity index (χ2v) is 5.49. The number of carbonyl (C=O) groups is 1. The number of hydrogen-bond acceptors (Lipinski definition) is 3. The minimum atomic E-state index is -4.73. The summed E-state index contributed by atoms with van der Waals surface area (Å²) in [6.45, 7) is -0.400. The fourth-order valence-electron chi connectivity index (χ4n) is 2.03. The molecular formula is C16H10ClF6NO2. The normalized spacial score (nSPS) is 12.1. The third kappa shape index (κ3) is 4.87. The average Bonchev–Trinajstić information content (AvgIpc) is 2.54. The van der Waals surface area contributed by atoms with Crippen molar-refractivity contribution in [1.29, 1.82) is 0 Å². The van der Waals surface area contributed by atoms with E-state index in [9.17, 15) is 31.1 Å². The van der Waals surface area contributed by atoms with Gasteiger partial charge in [-0.15, -0.1) is 0 Å². The zero-order chi connectivity index (χ0) is 19.5. The molecule has 26 heavy (non-hydrogen) atoms. The fourth-order valence-corrected chi connectivity index (χ4v) is 2.29. The van der Waals surface area contributed by atoms with Crippen LogP contribution in [0.2, 0.25) is 5.02 Å². The Morgan fingerprint density at radius 3 is 2.31 bits per heavy atom. The molecule has 0 aliphatic rings. The van der Waals surface area contributed by atoms with Crippen molar-refractivity contribution in [2.75, 3.05) is 6.61 Å². The van der Waals surface area contributed by atoms with Gasteiger partial charge >= 0.3 is 18.3 Å². The SMILES string of the molecule is O=C(OCCc1ncc(C(F)(F)F)cc1Cl)c1ccccc1C(F)(F)F. The van der Waals surface area contributed by atoms with Crippen LogP contribution in [0, 0.1) is 0 Å². The van der Waals surface area contributed by atoms with Crippen LogP contribution < -0.4 is 0 Å². The van der Waals surface area contributed by atoms with Crippen molar-refractivity contribution in [2.24, 2.45) is 0 Å². The second kappa shape index (κ2) is 7.53. The van der Waals surface area contributed by atoms with E-state index < -0.39 is 41.6 Å². The molecule has 1 aromatic carbocycles. The number of carbonyl (C=O) groups excluding carboxylic acids is 1. The molecule has 1 heterocycles. The summed E-state index contributed by atoms with van der Waals surface area (Å²) in [5.74, 6) is -1.21. The van der Waals surface area contributed by atoms with Gasteiger partial charge in [0.15, 0.2) is 0 Å². The summed E-state index contributed by atoms with van der Waals surface area (Å²) < 4.78 is 80.9. The van der Waals surface area contributed by atoms with Crippen LogP contribution in [0.3, 0.4) is 0 Å². The van der Waals surface area contributed by atoms with Crippen LogP contribution in [0.15, 0.2) is 36.5 Å². The van der Waals surface area contributed by atoms with Crippen LogP contribution in [0.25, 0.3) is 0 Å². The smallest absolute Gasteiger partial charge is 0.417 e. The maximum atomic E-state index is 12.9. The number of alkyl halides is 6. The molecule has 0 amide bonds. The van der Waals surface area contributed by atoms with Crippen molar-refractivity contribution >= 4 is 17.6 Å². The first-order chi connectivity index (χ1) is 12.0. The van der Waals surface area contributed by atoms with Gasteiger partial charge in [-0.1, -0.05) is 23.7 Å². The van der Waals surface area contributed by atoms with E-state index in [0.717, 1.165) is 18.2 Å². The van der Waals surface area contributed by atoms with Gasteiger partial charge in [0.1, 0.15) is 0 Å².